The molecular formula is C16H25NO. The van der Waals surface area contributed by atoms with Crippen LogP contribution in [0.15, 0.2) is 18.2 Å². The molecule has 1 aliphatic rings. The van der Waals surface area contributed by atoms with Crippen molar-refractivity contribution in [1.29, 1.82) is 0 Å². The number of ether oxygens (including phenoxy) is 1. The first-order valence-corrected chi connectivity index (χ1v) is 7.03. The van der Waals surface area contributed by atoms with Crippen LogP contribution in [0, 0.1) is 19.3 Å². The molecule has 0 heterocycles. The Morgan fingerprint density at radius 3 is 2.44 bits per heavy atom. The van der Waals surface area contributed by atoms with E-state index in [9.17, 15) is 0 Å². The predicted octanol–water partition coefficient (Wildman–Crippen LogP) is 3.59. The van der Waals surface area contributed by atoms with Gasteiger partial charge in [0.25, 0.3) is 0 Å². The van der Waals surface area contributed by atoms with Crippen molar-refractivity contribution in [2.75, 3.05) is 0 Å². The van der Waals surface area contributed by atoms with E-state index in [1.165, 1.54) is 11.1 Å². The highest BCUT2D eigenvalue weighted by molar-refractivity contribution is 5.36. The Bertz CT molecular complexity index is 423. The van der Waals surface area contributed by atoms with Gasteiger partial charge in [-0.2, -0.15) is 0 Å². The van der Waals surface area contributed by atoms with Crippen LogP contribution in [0.25, 0.3) is 0 Å². The molecule has 2 atom stereocenters. The first-order chi connectivity index (χ1) is 8.53. The zero-order valence-corrected chi connectivity index (χ0v) is 12.0. The highest BCUT2D eigenvalue weighted by atomic mass is 16.5. The highest BCUT2D eigenvalue weighted by Crippen LogP contribution is 2.48. The van der Waals surface area contributed by atoms with Gasteiger partial charge in [0.15, 0.2) is 0 Å². The van der Waals surface area contributed by atoms with Crippen LogP contribution in [-0.4, -0.2) is 12.1 Å². The van der Waals surface area contributed by atoms with E-state index in [2.05, 4.69) is 45.9 Å². The summed E-state index contributed by atoms with van der Waals surface area (Å²) >= 11 is 0. The standard InChI is InChI=1S/C16H25NO/c1-5-16(6-2)14(17)10-15(16)18-13-8-7-11(3)9-12(13)4/h7-9,14-15H,5-6,10,17H2,1-4H3. The van der Waals surface area contributed by atoms with Crippen molar-refractivity contribution >= 4 is 0 Å². The van der Waals surface area contributed by atoms with E-state index in [1.54, 1.807) is 0 Å². The molecule has 0 aromatic heterocycles. The van der Waals surface area contributed by atoms with Gasteiger partial charge in [0.05, 0.1) is 0 Å². The molecule has 100 valence electrons. The van der Waals surface area contributed by atoms with E-state index in [1.807, 2.05) is 0 Å². The first kappa shape index (κ1) is 13.4. The van der Waals surface area contributed by atoms with Crippen LogP contribution < -0.4 is 10.5 Å². The Kier molecular flexibility index (Phi) is 3.67. The monoisotopic (exact) mass is 247 g/mol. The SMILES string of the molecule is CCC1(CC)C(N)CC1Oc1ccc(C)cc1C. The maximum Gasteiger partial charge on any atom is 0.122 e. The van der Waals surface area contributed by atoms with Gasteiger partial charge in [0.1, 0.15) is 11.9 Å². The topological polar surface area (TPSA) is 35.2 Å². The molecule has 2 N–H and O–H groups in total. The lowest BCUT2D eigenvalue weighted by Gasteiger charge is -2.53. The van der Waals surface area contributed by atoms with Gasteiger partial charge in [-0.3, -0.25) is 0 Å². The molecule has 0 bridgehead atoms. The number of nitrogens with two attached hydrogens (primary N) is 1. The van der Waals surface area contributed by atoms with Crippen LogP contribution >= 0.6 is 0 Å². The fraction of sp³-hybridized carbons (Fsp3) is 0.625. The van der Waals surface area contributed by atoms with Crippen molar-refractivity contribution in [2.45, 2.75) is 59.1 Å². The molecular weight excluding hydrogens is 222 g/mol. The lowest BCUT2D eigenvalue weighted by Crippen LogP contribution is -2.63. The minimum Gasteiger partial charge on any atom is -0.489 e. The Morgan fingerprint density at radius 2 is 1.94 bits per heavy atom. The van der Waals surface area contributed by atoms with Crippen molar-refractivity contribution in [2.24, 2.45) is 11.1 Å². The van der Waals surface area contributed by atoms with Gasteiger partial charge in [-0.25, -0.2) is 0 Å². The van der Waals surface area contributed by atoms with Crippen molar-refractivity contribution in [3.8, 4) is 5.75 Å². The molecule has 2 heteroatoms. The lowest BCUT2D eigenvalue weighted by atomic mass is 9.59. The fourth-order valence-corrected chi connectivity index (χ4v) is 3.26. The minimum absolute atomic E-state index is 0.178. The third-order valence-corrected chi connectivity index (χ3v) is 4.76. The molecule has 1 fully saturated rings. The molecule has 0 radical (unpaired) electrons. The number of hydrogen-bond acceptors (Lipinski definition) is 2. The summed E-state index contributed by atoms with van der Waals surface area (Å²) in [7, 11) is 0. The molecule has 1 aromatic carbocycles. The second kappa shape index (κ2) is 4.93. The van der Waals surface area contributed by atoms with Crippen LogP contribution in [0.5, 0.6) is 5.75 Å². The lowest BCUT2D eigenvalue weighted by molar-refractivity contribution is -0.0725. The van der Waals surface area contributed by atoms with E-state index in [-0.39, 0.29) is 11.5 Å². The van der Waals surface area contributed by atoms with Crippen LogP contribution in [0.4, 0.5) is 0 Å². The summed E-state index contributed by atoms with van der Waals surface area (Å²) in [6.07, 6.45) is 3.46. The van der Waals surface area contributed by atoms with E-state index >= 15 is 0 Å². The molecule has 1 saturated carbocycles. The summed E-state index contributed by atoms with van der Waals surface area (Å²) in [5, 5.41) is 0. The molecule has 2 nitrogen and oxygen atoms in total. The van der Waals surface area contributed by atoms with E-state index in [0.29, 0.717) is 6.04 Å². The molecule has 0 spiro atoms. The zero-order valence-electron chi connectivity index (χ0n) is 12.0. The minimum atomic E-state index is 0.178. The first-order valence-electron chi connectivity index (χ1n) is 7.03. The van der Waals surface area contributed by atoms with Crippen LogP contribution in [-0.2, 0) is 0 Å². The number of rotatable bonds is 4. The summed E-state index contributed by atoms with van der Waals surface area (Å²) in [6, 6.07) is 6.67. The average molecular weight is 247 g/mol. The van der Waals surface area contributed by atoms with E-state index < -0.39 is 0 Å². The van der Waals surface area contributed by atoms with Gasteiger partial charge in [-0.1, -0.05) is 31.5 Å². The number of aryl methyl sites for hydroxylation is 2. The largest absolute Gasteiger partial charge is 0.489 e. The molecule has 0 amide bonds. The summed E-state index contributed by atoms with van der Waals surface area (Å²) < 4.78 is 6.22. The molecule has 18 heavy (non-hydrogen) atoms. The zero-order chi connectivity index (χ0) is 13.3. The Labute approximate surface area is 111 Å². The maximum absolute atomic E-state index is 6.22. The van der Waals surface area contributed by atoms with Gasteiger partial charge >= 0.3 is 0 Å². The molecule has 1 aliphatic carbocycles. The second-order valence-electron chi connectivity index (χ2n) is 5.66. The molecule has 1 aromatic rings. The maximum atomic E-state index is 6.22. The van der Waals surface area contributed by atoms with Crippen molar-refractivity contribution in [3.63, 3.8) is 0 Å². The van der Waals surface area contributed by atoms with Crippen LogP contribution in [0.3, 0.4) is 0 Å². The fourth-order valence-electron chi connectivity index (χ4n) is 3.26. The smallest absolute Gasteiger partial charge is 0.122 e. The van der Waals surface area contributed by atoms with Gasteiger partial charge in [-0.15, -0.1) is 0 Å². The molecule has 0 saturated heterocycles. The molecule has 0 aliphatic heterocycles. The van der Waals surface area contributed by atoms with Crippen LogP contribution in [0.1, 0.15) is 44.2 Å². The summed E-state index contributed by atoms with van der Waals surface area (Å²) in [4.78, 5) is 0. The third-order valence-electron chi connectivity index (χ3n) is 4.76. The number of benzene rings is 1. The Balaban J connectivity index is 2.15. The van der Waals surface area contributed by atoms with Crippen molar-refractivity contribution < 1.29 is 4.74 Å². The quantitative estimate of drug-likeness (QED) is 0.882. The van der Waals surface area contributed by atoms with Crippen molar-refractivity contribution in [1.82, 2.24) is 0 Å². The van der Waals surface area contributed by atoms with Crippen LogP contribution in [0.2, 0.25) is 0 Å². The van der Waals surface area contributed by atoms with E-state index in [4.69, 9.17) is 10.5 Å². The summed E-state index contributed by atoms with van der Waals surface area (Å²) in [5.74, 6) is 1.02. The average Bonchev–Trinajstić information content (AvgIpc) is 2.33. The summed E-state index contributed by atoms with van der Waals surface area (Å²) in [6.45, 7) is 8.67. The van der Waals surface area contributed by atoms with Gasteiger partial charge in [-0.05, 0) is 38.3 Å². The molecule has 2 rings (SSSR count). The Hall–Kier alpha value is -1.02. The normalized spacial score (nSPS) is 25.6. The van der Waals surface area contributed by atoms with Gasteiger partial charge in [0.2, 0.25) is 0 Å². The third kappa shape index (κ3) is 2.03. The summed E-state index contributed by atoms with van der Waals surface area (Å²) in [5.41, 5.74) is 8.88. The number of hydrogen-bond donors (Lipinski definition) is 1. The second-order valence-corrected chi connectivity index (χ2v) is 5.66. The van der Waals surface area contributed by atoms with E-state index in [0.717, 1.165) is 25.0 Å². The predicted molar refractivity (Wildman–Crippen MR) is 75.9 cm³/mol. The van der Waals surface area contributed by atoms with Crippen molar-refractivity contribution in [3.05, 3.63) is 29.3 Å². The molecule has 2 unspecified atom stereocenters. The Morgan fingerprint density at radius 1 is 1.28 bits per heavy atom. The van der Waals surface area contributed by atoms with Gasteiger partial charge in [0, 0.05) is 17.9 Å². The highest BCUT2D eigenvalue weighted by Gasteiger charge is 2.52. The van der Waals surface area contributed by atoms with Gasteiger partial charge < -0.3 is 10.5 Å².